The van der Waals surface area contributed by atoms with Crippen LogP contribution in [0.5, 0.6) is 0 Å². The molecule has 99 valence electrons. The van der Waals surface area contributed by atoms with Gasteiger partial charge in [0.2, 0.25) is 0 Å². The van der Waals surface area contributed by atoms with Crippen LogP contribution < -0.4 is 0 Å². The third kappa shape index (κ3) is 2.32. The molecule has 0 unspecified atom stereocenters. The number of nitrogens with zero attached hydrogens (tertiary/aromatic N) is 3. The zero-order chi connectivity index (χ0) is 11.7. The summed E-state index contributed by atoms with van der Waals surface area (Å²) in [4.78, 5) is 0. The van der Waals surface area contributed by atoms with Gasteiger partial charge in [0.1, 0.15) is 6.42 Å². The molecule has 0 bridgehead atoms. The Morgan fingerprint density at radius 1 is 0.529 bits per heavy atom. The molecule has 0 amide bonds. The van der Waals surface area contributed by atoms with Gasteiger partial charge in [-0.05, 0) is 54.0 Å². The highest BCUT2D eigenvalue weighted by molar-refractivity contribution is 9.41. The van der Waals surface area contributed by atoms with Crippen LogP contribution in [0.25, 0.3) is 0 Å². The second kappa shape index (κ2) is 5.42. The maximum absolute atomic E-state index is 4.25. The molecular weight excluding hydrogens is 297 g/mol. The van der Waals surface area contributed by atoms with Crippen molar-refractivity contribution in [3.63, 3.8) is 0 Å². The van der Waals surface area contributed by atoms with Crippen molar-refractivity contribution in [3.8, 4) is 0 Å². The van der Waals surface area contributed by atoms with Crippen molar-refractivity contribution in [3.05, 3.63) is 0 Å². The molecule has 3 aliphatic heterocycles. The van der Waals surface area contributed by atoms with Gasteiger partial charge in [0.15, 0.2) is 0 Å². The first-order chi connectivity index (χ1) is 8.32. The van der Waals surface area contributed by atoms with Crippen molar-refractivity contribution < 1.29 is 0 Å². The van der Waals surface area contributed by atoms with Gasteiger partial charge in [0.05, 0.1) is 0 Å². The summed E-state index contributed by atoms with van der Waals surface area (Å²) in [5.74, 6) is 0. The molecule has 5 heteroatoms. The second-order valence-corrected chi connectivity index (χ2v) is 11.0. The fraction of sp³-hybridized carbons (Fsp3) is 1.00. The molecule has 3 fully saturated rings. The Labute approximate surface area is 114 Å². The summed E-state index contributed by atoms with van der Waals surface area (Å²) >= 11 is 4.25. The minimum absolute atomic E-state index is 1.30. The van der Waals surface area contributed by atoms with Gasteiger partial charge < -0.3 is 0 Å². The fourth-order valence-electron chi connectivity index (χ4n) is 3.40. The maximum atomic E-state index is 4.25. The summed E-state index contributed by atoms with van der Waals surface area (Å²) < 4.78 is 8.34. The number of rotatable bonds is 3. The molecule has 0 atom stereocenters. The lowest BCUT2D eigenvalue weighted by Gasteiger charge is -2.50. The van der Waals surface area contributed by atoms with Gasteiger partial charge >= 0.3 is 0 Å². The summed E-state index contributed by atoms with van der Waals surface area (Å²) in [6, 6.07) is 0. The summed E-state index contributed by atoms with van der Waals surface area (Å²) in [5.41, 5.74) is 0. The van der Waals surface area contributed by atoms with Crippen molar-refractivity contribution in [1.82, 2.24) is 14.0 Å². The monoisotopic (exact) mass is 320 g/mol. The average Bonchev–Trinajstić information content (AvgIpc) is 3.10. The maximum Gasteiger partial charge on any atom is 0.124 e. The molecule has 0 N–H and O–H groups in total. The lowest BCUT2D eigenvalue weighted by molar-refractivity contribution is 0.392. The van der Waals surface area contributed by atoms with Crippen molar-refractivity contribution in [2.45, 2.75) is 38.5 Å². The lowest BCUT2D eigenvalue weighted by atomic mass is 10.4. The van der Waals surface area contributed by atoms with Crippen LogP contribution in [-0.4, -0.2) is 53.3 Å². The predicted molar refractivity (Wildman–Crippen MR) is 78.3 cm³/mol. The molecule has 3 heterocycles. The predicted octanol–water partition coefficient (Wildman–Crippen LogP) is 3.35. The van der Waals surface area contributed by atoms with Crippen LogP contribution >= 0.6 is 21.9 Å². The summed E-state index contributed by atoms with van der Waals surface area (Å²) in [5, 5.41) is 0. The molecule has 0 aliphatic carbocycles. The average molecular weight is 321 g/mol. The van der Waals surface area contributed by atoms with E-state index in [4.69, 9.17) is 0 Å². The molecule has 0 aromatic carbocycles. The van der Waals surface area contributed by atoms with Crippen LogP contribution in [0.15, 0.2) is 0 Å². The van der Waals surface area contributed by atoms with Crippen molar-refractivity contribution in [2.75, 3.05) is 39.3 Å². The zero-order valence-electron chi connectivity index (χ0n) is 10.7. The van der Waals surface area contributed by atoms with Gasteiger partial charge in [-0.15, -0.1) is 0 Å². The van der Waals surface area contributed by atoms with Crippen LogP contribution in [0.1, 0.15) is 38.5 Å². The molecule has 17 heavy (non-hydrogen) atoms. The molecule has 0 saturated carbocycles. The van der Waals surface area contributed by atoms with Crippen LogP contribution in [0.4, 0.5) is 0 Å². The Hall–Kier alpha value is 0.790. The lowest BCUT2D eigenvalue weighted by Crippen LogP contribution is -2.39. The molecule has 3 saturated heterocycles. The molecule has 0 spiro atoms. The van der Waals surface area contributed by atoms with E-state index in [1.54, 1.807) is 0 Å². The van der Waals surface area contributed by atoms with E-state index in [1.807, 2.05) is 0 Å². The summed E-state index contributed by atoms with van der Waals surface area (Å²) in [6.45, 7) is 7.87. The van der Waals surface area contributed by atoms with Gasteiger partial charge in [-0.2, -0.15) is 0 Å². The van der Waals surface area contributed by atoms with Crippen LogP contribution in [-0.2, 0) is 0 Å². The Kier molecular flexibility index (Phi) is 4.08. The van der Waals surface area contributed by atoms with E-state index in [9.17, 15) is 0 Å². The van der Waals surface area contributed by atoms with Gasteiger partial charge in [0.25, 0.3) is 0 Å². The van der Waals surface area contributed by atoms with Crippen molar-refractivity contribution >= 4 is 21.9 Å². The molecule has 3 rings (SSSR count). The van der Waals surface area contributed by atoms with Crippen LogP contribution in [0.2, 0.25) is 0 Å². The molecule has 3 aliphatic rings. The Morgan fingerprint density at radius 3 is 1.00 bits per heavy atom. The van der Waals surface area contributed by atoms with E-state index in [2.05, 4.69) is 29.5 Å². The standard InChI is InChI=1S/C12H24BrN3P/c13-17(14-7-1-2-8-14,15-9-3-4-10-15)16-11-5-6-12-16/h1-12H2. The number of hydrogen-bond donors (Lipinski definition) is 0. The van der Waals surface area contributed by atoms with Gasteiger partial charge in [0, 0.05) is 39.3 Å². The smallest absolute Gasteiger partial charge is 0.124 e. The Morgan fingerprint density at radius 2 is 0.765 bits per heavy atom. The summed E-state index contributed by atoms with van der Waals surface area (Å²) in [7, 11) is 0. The first kappa shape index (κ1) is 12.8. The molecule has 0 aromatic rings. The van der Waals surface area contributed by atoms with Gasteiger partial charge in [-0.1, -0.05) is 0 Å². The zero-order valence-corrected chi connectivity index (χ0v) is 13.1. The Bertz CT molecular complexity index is 218. The van der Waals surface area contributed by atoms with E-state index in [-0.39, 0.29) is 0 Å². The van der Waals surface area contributed by atoms with Gasteiger partial charge in [-0.3, -0.25) is 14.0 Å². The highest BCUT2D eigenvalue weighted by Crippen LogP contribution is 2.75. The van der Waals surface area contributed by atoms with Crippen LogP contribution in [0, 0.1) is 0 Å². The molecule has 0 aromatic heterocycles. The first-order valence-corrected chi connectivity index (χ1v) is 10.8. The first-order valence-electron chi connectivity index (χ1n) is 7.17. The molecule has 3 nitrogen and oxygen atoms in total. The quantitative estimate of drug-likeness (QED) is 0.738. The third-order valence-electron chi connectivity index (χ3n) is 4.33. The van der Waals surface area contributed by atoms with E-state index in [1.165, 1.54) is 77.8 Å². The van der Waals surface area contributed by atoms with Crippen LogP contribution in [0.3, 0.4) is 0 Å². The highest BCUT2D eigenvalue weighted by atomic mass is 79.9. The summed E-state index contributed by atoms with van der Waals surface area (Å²) in [6.07, 6.45) is 7.09. The Balaban J connectivity index is 1.81. The molecule has 1 radical (unpaired) electrons. The van der Waals surface area contributed by atoms with E-state index < -0.39 is 6.42 Å². The number of halogens is 1. The fourth-order valence-corrected chi connectivity index (χ4v) is 9.70. The SMILES string of the molecule is Br[P](N1CCCC1)(N1CCCC1)N1CCCC1. The van der Waals surface area contributed by atoms with E-state index in [0.717, 1.165) is 0 Å². The van der Waals surface area contributed by atoms with Crippen molar-refractivity contribution in [1.29, 1.82) is 0 Å². The normalized spacial score (nSPS) is 29.5. The topological polar surface area (TPSA) is 9.72 Å². The largest absolute Gasteiger partial charge is 0.255 e. The second-order valence-electron chi connectivity index (χ2n) is 5.48. The van der Waals surface area contributed by atoms with Gasteiger partial charge in [-0.25, -0.2) is 0 Å². The highest BCUT2D eigenvalue weighted by Gasteiger charge is 2.46. The molecular formula is C12H24BrN3P. The minimum atomic E-state index is -1.30. The van der Waals surface area contributed by atoms with E-state index in [0.29, 0.717) is 0 Å². The minimum Gasteiger partial charge on any atom is -0.255 e. The van der Waals surface area contributed by atoms with E-state index >= 15 is 0 Å². The third-order valence-corrected chi connectivity index (χ3v) is 11.7. The number of hydrogen-bond acceptors (Lipinski definition) is 3. The van der Waals surface area contributed by atoms with Crippen molar-refractivity contribution in [2.24, 2.45) is 0 Å².